The fraction of sp³-hybridized carbons (Fsp3) is 0.938. The van der Waals surface area contributed by atoms with Crippen molar-refractivity contribution < 1.29 is 14.6 Å². The van der Waals surface area contributed by atoms with E-state index in [9.17, 15) is 9.90 Å². The molecule has 1 saturated heterocycles. The lowest BCUT2D eigenvalue weighted by molar-refractivity contribution is -0.137. The van der Waals surface area contributed by atoms with Crippen molar-refractivity contribution in [3.63, 3.8) is 0 Å². The van der Waals surface area contributed by atoms with Crippen LogP contribution in [-0.2, 0) is 9.53 Å². The zero-order chi connectivity index (χ0) is 14.8. The molecule has 2 aliphatic rings. The van der Waals surface area contributed by atoms with Gasteiger partial charge in [-0.2, -0.15) is 0 Å². The van der Waals surface area contributed by atoms with Gasteiger partial charge in [-0.15, -0.1) is 0 Å². The standard InChI is InChI=1S/C16H29NO3/c1-4-16(2,3)13-6-5-12(18)11-14(13)17-8-10-20-9-7-15(17)19/h12-14,18H,4-11H2,1-3H3. The van der Waals surface area contributed by atoms with Gasteiger partial charge in [0, 0.05) is 12.6 Å². The van der Waals surface area contributed by atoms with Crippen molar-refractivity contribution in [2.75, 3.05) is 19.8 Å². The molecule has 4 heteroatoms. The Morgan fingerprint density at radius 2 is 2.10 bits per heavy atom. The van der Waals surface area contributed by atoms with Crippen LogP contribution in [0.2, 0.25) is 0 Å². The highest BCUT2D eigenvalue weighted by Crippen LogP contribution is 2.43. The van der Waals surface area contributed by atoms with Gasteiger partial charge in [0.15, 0.2) is 0 Å². The van der Waals surface area contributed by atoms with Crippen molar-refractivity contribution in [2.24, 2.45) is 11.3 Å². The van der Waals surface area contributed by atoms with Gasteiger partial charge in [0.25, 0.3) is 0 Å². The predicted molar refractivity (Wildman–Crippen MR) is 78.4 cm³/mol. The molecule has 116 valence electrons. The van der Waals surface area contributed by atoms with Gasteiger partial charge < -0.3 is 14.7 Å². The monoisotopic (exact) mass is 283 g/mol. The van der Waals surface area contributed by atoms with Crippen molar-refractivity contribution >= 4 is 5.91 Å². The molecule has 2 fully saturated rings. The average Bonchev–Trinajstić information content (AvgIpc) is 2.63. The van der Waals surface area contributed by atoms with Gasteiger partial charge in [0.05, 0.1) is 25.7 Å². The Hall–Kier alpha value is -0.610. The van der Waals surface area contributed by atoms with Crippen LogP contribution in [0.4, 0.5) is 0 Å². The topological polar surface area (TPSA) is 49.8 Å². The van der Waals surface area contributed by atoms with Gasteiger partial charge in [-0.3, -0.25) is 4.79 Å². The molecule has 3 atom stereocenters. The van der Waals surface area contributed by atoms with E-state index in [0.717, 1.165) is 25.7 Å². The molecule has 20 heavy (non-hydrogen) atoms. The number of hydrogen-bond acceptors (Lipinski definition) is 3. The fourth-order valence-corrected chi connectivity index (χ4v) is 3.69. The molecular weight excluding hydrogens is 254 g/mol. The molecule has 0 radical (unpaired) electrons. The number of amides is 1. The van der Waals surface area contributed by atoms with Gasteiger partial charge in [-0.25, -0.2) is 0 Å². The number of carbonyl (C=O) groups is 1. The van der Waals surface area contributed by atoms with E-state index in [1.54, 1.807) is 0 Å². The molecule has 0 aromatic carbocycles. The zero-order valence-corrected chi connectivity index (χ0v) is 13.1. The molecule has 0 bridgehead atoms. The number of hydrogen-bond donors (Lipinski definition) is 1. The van der Waals surface area contributed by atoms with Gasteiger partial charge >= 0.3 is 0 Å². The second kappa shape index (κ2) is 6.44. The molecule has 1 amide bonds. The number of carbonyl (C=O) groups excluding carboxylic acids is 1. The molecule has 4 nitrogen and oxygen atoms in total. The maximum Gasteiger partial charge on any atom is 0.225 e. The van der Waals surface area contributed by atoms with E-state index >= 15 is 0 Å². The third-order valence-electron chi connectivity index (χ3n) is 5.36. The summed E-state index contributed by atoms with van der Waals surface area (Å²) in [6, 6.07) is 0.169. The Morgan fingerprint density at radius 3 is 2.80 bits per heavy atom. The van der Waals surface area contributed by atoms with Crippen LogP contribution in [0.5, 0.6) is 0 Å². The van der Waals surface area contributed by atoms with Crippen LogP contribution in [0.3, 0.4) is 0 Å². The second-order valence-corrected chi connectivity index (χ2v) is 6.93. The zero-order valence-electron chi connectivity index (χ0n) is 13.1. The third kappa shape index (κ3) is 3.34. The SMILES string of the molecule is CCC(C)(C)C1CCC(O)CC1N1CCOCCC1=O. The number of nitrogens with zero attached hydrogens (tertiary/aromatic N) is 1. The van der Waals surface area contributed by atoms with Crippen molar-refractivity contribution in [1.29, 1.82) is 0 Å². The van der Waals surface area contributed by atoms with Gasteiger partial charge in [0.1, 0.15) is 0 Å². The number of aliphatic hydroxyl groups is 1. The van der Waals surface area contributed by atoms with Crippen molar-refractivity contribution in [3.8, 4) is 0 Å². The van der Waals surface area contributed by atoms with Crippen LogP contribution >= 0.6 is 0 Å². The molecule has 3 unspecified atom stereocenters. The molecule has 1 aliphatic heterocycles. The lowest BCUT2D eigenvalue weighted by Crippen LogP contribution is -2.52. The molecule has 0 spiro atoms. The first-order valence-electron chi connectivity index (χ1n) is 8.01. The third-order valence-corrected chi connectivity index (χ3v) is 5.36. The summed E-state index contributed by atoms with van der Waals surface area (Å²) in [4.78, 5) is 14.3. The van der Waals surface area contributed by atoms with E-state index in [-0.39, 0.29) is 23.5 Å². The second-order valence-electron chi connectivity index (χ2n) is 6.93. The minimum absolute atomic E-state index is 0.169. The Morgan fingerprint density at radius 1 is 1.35 bits per heavy atom. The molecular formula is C16H29NO3. The highest BCUT2D eigenvalue weighted by molar-refractivity contribution is 5.77. The van der Waals surface area contributed by atoms with Gasteiger partial charge in [0.2, 0.25) is 5.91 Å². The first kappa shape index (κ1) is 15.8. The van der Waals surface area contributed by atoms with E-state index in [2.05, 4.69) is 20.8 Å². The van der Waals surface area contributed by atoms with E-state index in [0.29, 0.717) is 32.1 Å². The molecule has 0 aromatic heterocycles. The normalized spacial score (nSPS) is 33.1. The first-order chi connectivity index (χ1) is 9.45. The van der Waals surface area contributed by atoms with Crippen LogP contribution in [-0.4, -0.2) is 47.8 Å². The quantitative estimate of drug-likeness (QED) is 0.864. The fourth-order valence-electron chi connectivity index (χ4n) is 3.69. The van der Waals surface area contributed by atoms with Crippen LogP contribution in [0.15, 0.2) is 0 Å². The molecule has 0 aromatic rings. The van der Waals surface area contributed by atoms with E-state index in [1.807, 2.05) is 4.90 Å². The highest BCUT2D eigenvalue weighted by atomic mass is 16.5. The highest BCUT2D eigenvalue weighted by Gasteiger charge is 2.42. The first-order valence-corrected chi connectivity index (χ1v) is 8.01. The maximum atomic E-state index is 12.3. The summed E-state index contributed by atoms with van der Waals surface area (Å²) in [7, 11) is 0. The van der Waals surface area contributed by atoms with Crippen molar-refractivity contribution in [1.82, 2.24) is 4.90 Å². The summed E-state index contributed by atoms with van der Waals surface area (Å²) in [5.41, 5.74) is 0.207. The average molecular weight is 283 g/mol. The Kier molecular flexibility index (Phi) is 5.08. The maximum absolute atomic E-state index is 12.3. The largest absolute Gasteiger partial charge is 0.393 e. The predicted octanol–water partition coefficient (Wildman–Crippen LogP) is 2.20. The smallest absolute Gasteiger partial charge is 0.225 e. The molecule has 2 rings (SSSR count). The molecule has 1 aliphatic carbocycles. The van der Waals surface area contributed by atoms with E-state index in [4.69, 9.17) is 4.74 Å². The van der Waals surface area contributed by atoms with E-state index in [1.165, 1.54) is 0 Å². The van der Waals surface area contributed by atoms with Crippen LogP contribution in [0, 0.1) is 11.3 Å². The summed E-state index contributed by atoms with van der Waals surface area (Å²) in [5.74, 6) is 0.663. The lowest BCUT2D eigenvalue weighted by atomic mass is 9.66. The molecule has 1 saturated carbocycles. The Balaban J connectivity index is 2.20. The van der Waals surface area contributed by atoms with Crippen LogP contribution < -0.4 is 0 Å². The summed E-state index contributed by atoms with van der Waals surface area (Å²) in [6.07, 6.45) is 3.91. The summed E-state index contributed by atoms with van der Waals surface area (Å²) < 4.78 is 5.43. The summed E-state index contributed by atoms with van der Waals surface area (Å²) in [5, 5.41) is 10.1. The minimum Gasteiger partial charge on any atom is -0.393 e. The van der Waals surface area contributed by atoms with Gasteiger partial charge in [-0.1, -0.05) is 27.2 Å². The van der Waals surface area contributed by atoms with Gasteiger partial charge in [-0.05, 0) is 30.6 Å². The summed E-state index contributed by atoms with van der Waals surface area (Å²) in [6.45, 7) is 8.63. The van der Waals surface area contributed by atoms with Crippen molar-refractivity contribution in [3.05, 3.63) is 0 Å². The Bertz CT molecular complexity index is 343. The minimum atomic E-state index is -0.263. The van der Waals surface area contributed by atoms with Crippen LogP contribution in [0.25, 0.3) is 0 Å². The number of ether oxygens (including phenoxy) is 1. The van der Waals surface area contributed by atoms with E-state index < -0.39 is 0 Å². The van der Waals surface area contributed by atoms with Crippen molar-refractivity contribution in [2.45, 2.75) is 65.0 Å². The van der Waals surface area contributed by atoms with Crippen LogP contribution in [0.1, 0.15) is 52.9 Å². The lowest BCUT2D eigenvalue weighted by Gasteiger charge is -2.47. The summed E-state index contributed by atoms with van der Waals surface area (Å²) >= 11 is 0. The Labute approximate surface area is 122 Å². The number of aliphatic hydroxyl groups excluding tert-OH is 1. The molecule has 1 N–H and O–H groups in total. The number of rotatable bonds is 3. The molecule has 1 heterocycles.